The fraction of sp³-hybridized carbons (Fsp3) is 0.0833. The maximum Gasteiger partial charge on any atom is 0.137 e. The molecule has 0 fully saturated rings. The summed E-state index contributed by atoms with van der Waals surface area (Å²) in [6, 6.07) is 13.1. The van der Waals surface area contributed by atoms with Gasteiger partial charge in [0.25, 0.3) is 0 Å². The summed E-state index contributed by atoms with van der Waals surface area (Å²) in [4.78, 5) is 3.04. The van der Waals surface area contributed by atoms with Gasteiger partial charge < -0.3 is 9.72 Å². The molecule has 1 N–H and O–H groups in total. The Labute approximate surface area is 87.9 Å². The van der Waals surface area contributed by atoms with E-state index >= 15 is 0 Å². The number of rotatable bonds is 3. The Hall–Kier alpha value is -2.21. The SMILES string of the molecule is N#Cc1ccccc1OCc1ccc[nH]1. The molecule has 0 spiro atoms. The number of hydrogen-bond donors (Lipinski definition) is 1. The molecule has 0 amide bonds. The molecule has 3 nitrogen and oxygen atoms in total. The third-order valence-corrected chi connectivity index (χ3v) is 2.05. The maximum atomic E-state index is 8.84. The number of H-pyrrole nitrogens is 1. The van der Waals surface area contributed by atoms with Gasteiger partial charge in [-0.15, -0.1) is 0 Å². The van der Waals surface area contributed by atoms with Crippen LogP contribution in [0.5, 0.6) is 5.75 Å². The molecule has 0 aliphatic heterocycles. The van der Waals surface area contributed by atoms with Gasteiger partial charge in [0.05, 0.1) is 11.3 Å². The van der Waals surface area contributed by atoms with Crippen LogP contribution in [0.1, 0.15) is 11.3 Å². The molecule has 0 atom stereocenters. The van der Waals surface area contributed by atoms with Crippen LogP contribution in [0.3, 0.4) is 0 Å². The van der Waals surface area contributed by atoms with Crippen LogP contribution >= 0.6 is 0 Å². The zero-order valence-electron chi connectivity index (χ0n) is 8.10. The molecule has 2 rings (SSSR count). The third kappa shape index (κ3) is 2.18. The van der Waals surface area contributed by atoms with E-state index in [9.17, 15) is 0 Å². The molecule has 3 heteroatoms. The molecule has 0 saturated heterocycles. The lowest BCUT2D eigenvalue weighted by atomic mass is 10.2. The van der Waals surface area contributed by atoms with Gasteiger partial charge in [0.2, 0.25) is 0 Å². The minimum atomic E-state index is 0.450. The number of benzene rings is 1. The van der Waals surface area contributed by atoms with Crippen molar-refractivity contribution >= 4 is 0 Å². The Kier molecular flexibility index (Phi) is 2.70. The van der Waals surface area contributed by atoms with Crippen LogP contribution in [0.2, 0.25) is 0 Å². The molecule has 0 aliphatic carbocycles. The fourth-order valence-electron chi connectivity index (χ4n) is 1.30. The van der Waals surface area contributed by atoms with Crippen LogP contribution in [0.25, 0.3) is 0 Å². The Balaban J connectivity index is 2.08. The molecule has 0 bridgehead atoms. The van der Waals surface area contributed by atoms with Gasteiger partial charge in [0, 0.05) is 6.20 Å². The highest BCUT2D eigenvalue weighted by atomic mass is 16.5. The third-order valence-electron chi connectivity index (χ3n) is 2.05. The lowest BCUT2D eigenvalue weighted by Crippen LogP contribution is -1.96. The Morgan fingerprint density at radius 1 is 1.20 bits per heavy atom. The van der Waals surface area contributed by atoms with E-state index in [0.29, 0.717) is 17.9 Å². The number of aromatic nitrogens is 1. The van der Waals surface area contributed by atoms with E-state index in [-0.39, 0.29) is 0 Å². The number of nitrogens with one attached hydrogen (secondary N) is 1. The summed E-state index contributed by atoms with van der Waals surface area (Å²) in [6.07, 6.45) is 1.84. The maximum absolute atomic E-state index is 8.84. The molecule has 74 valence electrons. The lowest BCUT2D eigenvalue weighted by Gasteiger charge is -2.05. The molecule has 0 radical (unpaired) electrons. The van der Waals surface area contributed by atoms with Gasteiger partial charge in [-0.1, -0.05) is 12.1 Å². The average Bonchev–Trinajstić information content (AvgIpc) is 2.79. The number of aromatic amines is 1. The van der Waals surface area contributed by atoms with Gasteiger partial charge in [-0.2, -0.15) is 5.26 Å². The molecule has 0 saturated carbocycles. The summed E-state index contributed by atoms with van der Waals surface area (Å²) in [5.41, 5.74) is 1.55. The zero-order valence-corrected chi connectivity index (χ0v) is 8.10. The van der Waals surface area contributed by atoms with E-state index in [0.717, 1.165) is 5.69 Å². The number of hydrogen-bond acceptors (Lipinski definition) is 2. The van der Waals surface area contributed by atoms with Crippen LogP contribution in [0.4, 0.5) is 0 Å². The number of nitriles is 1. The first-order valence-corrected chi connectivity index (χ1v) is 4.64. The quantitative estimate of drug-likeness (QED) is 0.823. The van der Waals surface area contributed by atoms with Crippen molar-refractivity contribution in [3.8, 4) is 11.8 Å². The van der Waals surface area contributed by atoms with Crippen molar-refractivity contribution in [3.05, 3.63) is 53.9 Å². The summed E-state index contributed by atoms with van der Waals surface area (Å²) in [5, 5.41) is 8.84. The zero-order chi connectivity index (χ0) is 10.5. The molecule has 1 aromatic carbocycles. The predicted octanol–water partition coefficient (Wildman–Crippen LogP) is 2.47. The number of nitrogens with zero attached hydrogens (tertiary/aromatic N) is 1. The summed E-state index contributed by atoms with van der Waals surface area (Å²) < 4.78 is 5.52. The molecule has 0 aliphatic rings. The van der Waals surface area contributed by atoms with Gasteiger partial charge in [-0.25, -0.2) is 0 Å². The summed E-state index contributed by atoms with van der Waals surface area (Å²) in [7, 11) is 0. The highest BCUT2D eigenvalue weighted by Gasteiger charge is 2.01. The first kappa shape index (κ1) is 9.35. The van der Waals surface area contributed by atoms with Crippen molar-refractivity contribution in [3.63, 3.8) is 0 Å². The standard InChI is InChI=1S/C12H10N2O/c13-8-10-4-1-2-6-12(10)15-9-11-5-3-7-14-11/h1-7,14H,9H2. The van der Waals surface area contributed by atoms with E-state index in [4.69, 9.17) is 10.00 Å². The van der Waals surface area contributed by atoms with E-state index in [1.54, 1.807) is 12.1 Å². The highest BCUT2D eigenvalue weighted by Crippen LogP contribution is 2.17. The first-order valence-electron chi connectivity index (χ1n) is 4.64. The Bertz CT molecular complexity index is 469. The van der Waals surface area contributed by atoms with Crippen molar-refractivity contribution in [2.45, 2.75) is 6.61 Å². The van der Waals surface area contributed by atoms with E-state index in [2.05, 4.69) is 11.1 Å². The smallest absolute Gasteiger partial charge is 0.137 e. The minimum absolute atomic E-state index is 0.450. The van der Waals surface area contributed by atoms with E-state index < -0.39 is 0 Å². The van der Waals surface area contributed by atoms with E-state index in [1.807, 2.05) is 30.5 Å². The lowest BCUT2D eigenvalue weighted by molar-refractivity contribution is 0.301. The van der Waals surface area contributed by atoms with Crippen LogP contribution < -0.4 is 4.74 Å². The van der Waals surface area contributed by atoms with Crippen LogP contribution in [-0.2, 0) is 6.61 Å². The largest absolute Gasteiger partial charge is 0.486 e. The van der Waals surface area contributed by atoms with Crippen molar-refractivity contribution < 1.29 is 4.74 Å². The van der Waals surface area contributed by atoms with Crippen molar-refractivity contribution in [1.82, 2.24) is 4.98 Å². The van der Waals surface area contributed by atoms with E-state index in [1.165, 1.54) is 0 Å². The first-order chi connectivity index (χ1) is 7.40. The Morgan fingerprint density at radius 3 is 2.80 bits per heavy atom. The molecule has 0 unspecified atom stereocenters. The van der Waals surface area contributed by atoms with Gasteiger partial charge in [0.15, 0.2) is 0 Å². The fourth-order valence-corrected chi connectivity index (χ4v) is 1.30. The Morgan fingerprint density at radius 2 is 2.07 bits per heavy atom. The normalized spacial score (nSPS) is 9.53. The molecule has 15 heavy (non-hydrogen) atoms. The van der Waals surface area contributed by atoms with Crippen LogP contribution in [0, 0.1) is 11.3 Å². The average molecular weight is 198 g/mol. The molecule has 2 aromatic rings. The second kappa shape index (κ2) is 4.34. The van der Waals surface area contributed by atoms with Gasteiger partial charge >= 0.3 is 0 Å². The second-order valence-electron chi connectivity index (χ2n) is 3.09. The summed E-state index contributed by atoms with van der Waals surface area (Å²) in [6.45, 7) is 0.450. The van der Waals surface area contributed by atoms with Gasteiger partial charge in [0.1, 0.15) is 18.4 Å². The second-order valence-corrected chi connectivity index (χ2v) is 3.09. The summed E-state index contributed by atoms with van der Waals surface area (Å²) >= 11 is 0. The topological polar surface area (TPSA) is 48.8 Å². The predicted molar refractivity (Wildman–Crippen MR) is 56.3 cm³/mol. The molecule has 1 heterocycles. The monoisotopic (exact) mass is 198 g/mol. The molecular formula is C12H10N2O. The van der Waals surface area contributed by atoms with Crippen LogP contribution in [0.15, 0.2) is 42.6 Å². The van der Waals surface area contributed by atoms with Gasteiger partial charge in [-0.3, -0.25) is 0 Å². The highest BCUT2D eigenvalue weighted by molar-refractivity contribution is 5.42. The van der Waals surface area contributed by atoms with Crippen molar-refractivity contribution in [2.75, 3.05) is 0 Å². The van der Waals surface area contributed by atoms with Crippen LogP contribution in [-0.4, -0.2) is 4.98 Å². The summed E-state index contributed by atoms with van der Waals surface area (Å²) in [5.74, 6) is 0.620. The van der Waals surface area contributed by atoms with Crippen molar-refractivity contribution in [2.24, 2.45) is 0 Å². The molecular weight excluding hydrogens is 188 g/mol. The van der Waals surface area contributed by atoms with Crippen molar-refractivity contribution in [1.29, 1.82) is 5.26 Å². The minimum Gasteiger partial charge on any atom is -0.486 e. The number of ether oxygens (including phenoxy) is 1. The van der Waals surface area contributed by atoms with Gasteiger partial charge in [-0.05, 0) is 24.3 Å². The molecule has 1 aromatic heterocycles. The number of para-hydroxylation sites is 1.